The molecule has 0 aliphatic heterocycles. The maximum Gasteiger partial charge on any atom is 0.176 e. The van der Waals surface area contributed by atoms with Crippen LogP contribution in [0.5, 0.6) is 5.75 Å². The quantitative estimate of drug-likeness (QED) is 0.635. The lowest BCUT2D eigenvalue weighted by atomic mass is 10.2. The highest BCUT2D eigenvalue weighted by atomic mass is 32.1. The Hall–Kier alpha value is -2.93. The van der Waals surface area contributed by atoms with Crippen molar-refractivity contribution in [2.24, 2.45) is 0 Å². The highest BCUT2D eigenvalue weighted by Gasteiger charge is 2.04. The van der Waals surface area contributed by atoms with Crippen molar-refractivity contribution in [2.75, 3.05) is 17.2 Å². The third-order valence-corrected chi connectivity index (χ3v) is 3.77. The van der Waals surface area contributed by atoms with E-state index in [1.807, 2.05) is 43.5 Å². The van der Waals surface area contributed by atoms with Gasteiger partial charge in [-0.15, -0.1) is 0 Å². The monoisotopic (exact) mass is 370 g/mol. The van der Waals surface area contributed by atoms with Crippen molar-refractivity contribution in [1.82, 2.24) is 9.78 Å². The summed E-state index contributed by atoms with van der Waals surface area (Å²) in [4.78, 5) is 0. The smallest absolute Gasteiger partial charge is 0.176 e. The Morgan fingerprint density at radius 2 is 1.81 bits per heavy atom. The summed E-state index contributed by atoms with van der Waals surface area (Å²) < 4.78 is 20.1. The predicted octanol–water partition coefficient (Wildman–Crippen LogP) is 4.28. The molecule has 0 spiro atoms. The second kappa shape index (κ2) is 8.44. The molecule has 0 radical (unpaired) electrons. The molecule has 0 amide bonds. The number of aromatic nitrogens is 2. The summed E-state index contributed by atoms with van der Waals surface area (Å²) in [7, 11) is 0. The molecule has 0 bridgehead atoms. The molecule has 0 atom stereocenters. The largest absolute Gasteiger partial charge is 0.494 e. The maximum absolute atomic E-state index is 13.0. The van der Waals surface area contributed by atoms with E-state index < -0.39 is 0 Å². The lowest BCUT2D eigenvalue weighted by Crippen LogP contribution is -2.19. The van der Waals surface area contributed by atoms with Crippen LogP contribution in [-0.2, 0) is 6.54 Å². The van der Waals surface area contributed by atoms with Crippen molar-refractivity contribution in [3.8, 4) is 5.75 Å². The van der Waals surface area contributed by atoms with Gasteiger partial charge in [0.15, 0.2) is 10.9 Å². The van der Waals surface area contributed by atoms with Crippen LogP contribution in [0.2, 0.25) is 0 Å². The molecule has 26 heavy (non-hydrogen) atoms. The van der Waals surface area contributed by atoms with E-state index in [0.29, 0.717) is 24.1 Å². The van der Waals surface area contributed by atoms with Crippen LogP contribution >= 0.6 is 12.2 Å². The summed E-state index contributed by atoms with van der Waals surface area (Å²) in [6.07, 6.45) is 1.84. The minimum Gasteiger partial charge on any atom is -0.494 e. The number of hydrogen-bond acceptors (Lipinski definition) is 3. The van der Waals surface area contributed by atoms with Crippen LogP contribution in [0.4, 0.5) is 15.9 Å². The van der Waals surface area contributed by atoms with Gasteiger partial charge < -0.3 is 15.4 Å². The van der Waals surface area contributed by atoms with Crippen LogP contribution in [0.25, 0.3) is 0 Å². The van der Waals surface area contributed by atoms with E-state index in [2.05, 4.69) is 15.7 Å². The van der Waals surface area contributed by atoms with Gasteiger partial charge >= 0.3 is 0 Å². The third kappa shape index (κ3) is 5.03. The normalized spacial score (nSPS) is 10.4. The second-order valence-electron chi connectivity index (χ2n) is 5.56. The van der Waals surface area contributed by atoms with Gasteiger partial charge in [-0.25, -0.2) is 4.39 Å². The maximum atomic E-state index is 13.0. The molecule has 0 unspecified atom stereocenters. The molecule has 0 aliphatic rings. The van der Waals surface area contributed by atoms with Gasteiger partial charge in [0, 0.05) is 18.0 Å². The number of hydrogen-bond donors (Lipinski definition) is 2. The minimum atomic E-state index is -0.248. The number of rotatable bonds is 6. The van der Waals surface area contributed by atoms with Gasteiger partial charge in [0.2, 0.25) is 0 Å². The Morgan fingerprint density at radius 3 is 2.50 bits per heavy atom. The molecule has 1 aromatic heterocycles. The van der Waals surface area contributed by atoms with Gasteiger partial charge in [-0.1, -0.05) is 12.1 Å². The summed E-state index contributed by atoms with van der Waals surface area (Å²) in [6, 6.07) is 15.7. The van der Waals surface area contributed by atoms with Gasteiger partial charge in [0.25, 0.3) is 0 Å². The molecule has 0 aliphatic carbocycles. The van der Waals surface area contributed by atoms with E-state index >= 15 is 0 Å². The molecular formula is C19H19FN4OS. The molecule has 2 aromatic carbocycles. The fourth-order valence-corrected chi connectivity index (χ4v) is 2.60. The van der Waals surface area contributed by atoms with Crippen molar-refractivity contribution < 1.29 is 9.13 Å². The number of halogens is 1. The van der Waals surface area contributed by atoms with E-state index in [1.165, 1.54) is 12.1 Å². The Kier molecular flexibility index (Phi) is 5.80. The zero-order valence-corrected chi connectivity index (χ0v) is 15.1. The number of anilines is 2. The molecule has 3 rings (SSSR count). The molecule has 0 saturated heterocycles. The first-order valence-electron chi connectivity index (χ1n) is 8.21. The second-order valence-corrected chi connectivity index (χ2v) is 5.97. The van der Waals surface area contributed by atoms with Crippen molar-refractivity contribution in [1.29, 1.82) is 0 Å². The number of nitrogens with zero attached hydrogens (tertiary/aromatic N) is 2. The molecule has 3 aromatic rings. The van der Waals surface area contributed by atoms with Crippen molar-refractivity contribution in [2.45, 2.75) is 13.5 Å². The van der Waals surface area contributed by atoms with Crippen LogP contribution in [0, 0.1) is 5.82 Å². The summed E-state index contributed by atoms with van der Waals surface area (Å²) in [6.45, 7) is 3.13. The van der Waals surface area contributed by atoms with E-state index in [1.54, 1.807) is 16.8 Å². The Morgan fingerprint density at radius 1 is 1.08 bits per heavy atom. The van der Waals surface area contributed by atoms with Crippen molar-refractivity contribution in [3.63, 3.8) is 0 Å². The van der Waals surface area contributed by atoms with Gasteiger partial charge in [0.1, 0.15) is 11.6 Å². The molecule has 7 heteroatoms. The molecule has 0 saturated carbocycles. The third-order valence-electron chi connectivity index (χ3n) is 3.56. The van der Waals surface area contributed by atoms with Crippen molar-refractivity contribution in [3.05, 3.63) is 72.2 Å². The van der Waals surface area contributed by atoms with E-state index in [-0.39, 0.29) is 5.82 Å². The fraction of sp³-hybridized carbons (Fsp3) is 0.158. The minimum absolute atomic E-state index is 0.248. The lowest BCUT2D eigenvalue weighted by Gasteiger charge is -2.09. The summed E-state index contributed by atoms with van der Waals surface area (Å²) in [5, 5.41) is 11.0. The molecule has 2 N–H and O–H groups in total. The van der Waals surface area contributed by atoms with E-state index in [9.17, 15) is 4.39 Å². The van der Waals surface area contributed by atoms with Crippen LogP contribution in [0.15, 0.2) is 60.8 Å². The number of benzene rings is 2. The van der Waals surface area contributed by atoms with Crippen LogP contribution < -0.4 is 15.4 Å². The molecular weight excluding hydrogens is 351 g/mol. The van der Waals surface area contributed by atoms with Gasteiger partial charge in [-0.3, -0.25) is 4.68 Å². The fourth-order valence-electron chi connectivity index (χ4n) is 2.37. The summed E-state index contributed by atoms with van der Waals surface area (Å²) in [5.74, 6) is 1.20. The Bertz CT molecular complexity index is 862. The standard InChI is InChI=1S/C19H19FN4OS/c1-2-25-17-9-7-16(8-10-17)21-19(26)22-18-11-12-24(23-18)13-14-3-5-15(20)6-4-14/h3-12H,2,13H2,1H3,(H2,21,22,23,26). The topological polar surface area (TPSA) is 51.1 Å². The van der Waals surface area contributed by atoms with Gasteiger partial charge in [-0.05, 0) is 61.1 Å². The average molecular weight is 370 g/mol. The number of nitrogens with one attached hydrogen (secondary N) is 2. The van der Waals surface area contributed by atoms with Gasteiger partial charge in [-0.2, -0.15) is 5.10 Å². The SMILES string of the molecule is CCOc1ccc(NC(=S)Nc2ccn(Cc3ccc(F)cc3)n2)cc1. The van der Waals surface area contributed by atoms with Crippen LogP contribution in [0.3, 0.4) is 0 Å². The molecule has 5 nitrogen and oxygen atoms in total. The number of ether oxygens (including phenoxy) is 1. The Labute approximate surface area is 156 Å². The Balaban J connectivity index is 1.54. The highest BCUT2D eigenvalue weighted by Crippen LogP contribution is 2.16. The number of thiocarbonyl (C=S) groups is 1. The zero-order chi connectivity index (χ0) is 18.4. The summed E-state index contributed by atoms with van der Waals surface area (Å²) in [5.41, 5.74) is 1.83. The first-order valence-corrected chi connectivity index (χ1v) is 8.62. The van der Waals surface area contributed by atoms with Crippen LogP contribution in [-0.4, -0.2) is 21.5 Å². The first kappa shape index (κ1) is 17.9. The van der Waals surface area contributed by atoms with Crippen molar-refractivity contribution >= 4 is 28.8 Å². The average Bonchev–Trinajstić information content (AvgIpc) is 3.05. The lowest BCUT2D eigenvalue weighted by molar-refractivity contribution is 0.340. The molecule has 1 heterocycles. The highest BCUT2D eigenvalue weighted by molar-refractivity contribution is 7.80. The van der Waals surface area contributed by atoms with Crippen LogP contribution in [0.1, 0.15) is 12.5 Å². The molecule has 0 fully saturated rings. The zero-order valence-electron chi connectivity index (χ0n) is 14.3. The predicted molar refractivity (Wildman–Crippen MR) is 105 cm³/mol. The summed E-state index contributed by atoms with van der Waals surface area (Å²) >= 11 is 5.31. The van der Waals surface area contributed by atoms with Gasteiger partial charge in [0.05, 0.1) is 13.2 Å². The van der Waals surface area contributed by atoms with E-state index in [4.69, 9.17) is 17.0 Å². The molecule has 134 valence electrons. The first-order chi connectivity index (χ1) is 12.6. The van der Waals surface area contributed by atoms with E-state index in [0.717, 1.165) is 17.0 Å².